The van der Waals surface area contributed by atoms with Gasteiger partial charge in [-0.25, -0.2) is 4.98 Å². The Kier molecular flexibility index (Phi) is 6.23. The monoisotopic (exact) mass is 336 g/mol. The number of hydrogen-bond donors (Lipinski definition) is 1. The first kappa shape index (κ1) is 13.0. The van der Waals surface area contributed by atoms with E-state index in [1.54, 1.807) is 0 Å². The van der Waals surface area contributed by atoms with Crippen LogP contribution in [0.4, 0.5) is 0 Å². The molecule has 0 aliphatic rings. The normalized spacial score (nSPS) is 10.1. The number of nitrogens with one attached hydrogen (secondary N) is 2. The van der Waals surface area contributed by atoms with Crippen LogP contribution in [0.5, 0.6) is 0 Å². The van der Waals surface area contributed by atoms with Crippen LogP contribution in [0.1, 0.15) is 5.82 Å². The second-order valence-corrected chi connectivity index (χ2v) is 5.11. The predicted molar refractivity (Wildman–Crippen MR) is 60.7 cm³/mol. The fourth-order valence-corrected chi connectivity index (χ4v) is 1.24. The average molecular weight is 338 g/mol. The minimum absolute atomic E-state index is 0.106. The molecule has 0 atom stereocenters. The van der Waals surface area contributed by atoms with Gasteiger partial charge in [0.1, 0.15) is 5.82 Å². The van der Waals surface area contributed by atoms with E-state index >= 15 is 0 Å². The summed E-state index contributed by atoms with van der Waals surface area (Å²) in [6.45, 7) is 0.389. The Bertz CT molecular complexity index is 372. The number of nitrogens with zero attached hydrogens (tertiary/aromatic N) is 1. The van der Waals surface area contributed by atoms with E-state index in [1.165, 1.54) is 0 Å². The van der Waals surface area contributed by atoms with Crippen molar-refractivity contribution in [3.63, 3.8) is 0 Å². The predicted octanol–water partition coefficient (Wildman–Crippen LogP) is 3.53. The molecule has 2 aromatic rings. The van der Waals surface area contributed by atoms with Crippen molar-refractivity contribution in [2.45, 2.75) is 6.42 Å². The molecule has 1 aromatic heterocycles. The van der Waals surface area contributed by atoms with Crippen LogP contribution in [0.3, 0.4) is 0 Å². The molecule has 0 bridgehead atoms. The summed E-state index contributed by atoms with van der Waals surface area (Å²) in [6, 6.07) is 7.91. The molecule has 1 aromatic carbocycles. The van der Waals surface area contributed by atoms with E-state index in [4.69, 9.17) is 24.8 Å². The Labute approximate surface area is 104 Å². The van der Waals surface area contributed by atoms with Crippen LogP contribution in [0.2, 0.25) is 0 Å². The molecule has 2 N–H and O–H groups in total. The SMILES string of the molecule is [Cl][Pd][Cl].[NH-]CCc1nc2ccccc2[nH]1. The Morgan fingerprint density at radius 3 is 2.60 bits per heavy atom. The van der Waals surface area contributed by atoms with Crippen LogP contribution in [0.15, 0.2) is 24.3 Å². The maximum Gasteiger partial charge on any atom is 0.105 e. The van der Waals surface area contributed by atoms with E-state index in [9.17, 15) is 0 Å². The van der Waals surface area contributed by atoms with Gasteiger partial charge < -0.3 is 10.7 Å². The van der Waals surface area contributed by atoms with Gasteiger partial charge >= 0.3 is 35.0 Å². The van der Waals surface area contributed by atoms with Gasteiger partial charge in [0.2, 0.25) is 0 Å². The molecule has 86 valence electrons. The fraction of sp³-hybridized carbons (Fsp3) is 0.222. The van der Waals surface area contributed by atoms with Crippen LogP contribution < -0.4 is 0 Å². The van der Waals surface area contributed by atoms with Crippen LogP contribution in [0, 0.1) is 0 Å². The van der Waals surface area contributed by atoms with Crippen molar-refractivity contribution in [3.8, 4) is 0 Å². The average Bonchev–Trinajstić information content (AvgIpc) is 2.61. The number of rotatable bonds is 2. The molecule has 1 heterocycles. The van der Waals surface area contributed by atoms with E-state index < -0.39 is 0 Å². The van der Waals surface area contributed by atoms with Gasteiger partial charge in [-0.3, -0.25) is 0 Å². The number of H-pyrrole nitrogens is 1. The summed E-state index contributed by atoms with van der Waals surface area (Å²) < 4.78 is 0. The second-order valence-electron chi connectivity index (χ2n) is 2.75. The standard InChI is InChI=1S/C9H10N3.2ClH.Pd/c10-6-5-9-11-7-3-1-2-4-8(7)12-9;;;/h1-4,10H,5-6H2,(H,11,12);2*1H;/q-1;;;+2/p-2. The van der Waals surface area contributed by atoms with Gasteiger partial charge in [-0.15, -0.1) is 6.54 Å². The molecule has 0 saturated heterocycles. The molecule has 3 nitrogen and oxygen atoms in total. The number of aromatic amines is 1. The van der Waals surface area contributed by atoms with Crippen molar-refractivity contribution in [1.82, 2.24) is 9.97 Å². The number of fused-ring (bicyclic) bond motifs is 1. The van der Waals surface area contributed by atoms with Crippen molar-refractivity contribution in [2.24, 2.45) is 0 Å². The molecule has 6 heteroatoms. The van der Waals surface area contributed by atoms with Gasteiger partial charge in [-0.1, -0.05) is 12.1 Å². The molecule has 0 aliphatic carbocycles. The summed E-state index contributed by atoms with van der Waals surface area (Å²) in [4.78, 5) is 7.49. The zero-order valence-corrected chi connectivity index (χ0v) is 10.8. The third-order valence-corrected chi connectivity index (χ3v) is 1.80. The first-order chi connectivity index (χ1) is 7.31. The number of para-hydroxylation sites is 2. The van der Waals surface area contributed by atoms with Gasteiger partial charge in [-0.2, -0.15) is 0 Å². The Hall–Kier alpha value is -0.108. The molecule has 0 spiro atoms. The second kappa shape index (κ2) is 7.21. The van der Waals surface area contributed by atoms with Crippen LogP contribution in [0.25, 0.3) is 16.8 Å². The van der Waals surface area contributed by atoms with Gasteiger partial charge in [0.15, 0.2) is 0 Å². The molecule has 0 saturated carbocycles. The maximum absolute atomic E-state index is 7.05. The summed E-state index contributed by atoms with van der Waals surface area (Å²) >= 11 is -0.106. The first-order valence-electron chi connectivity index (χ1n) is 4.22. The summed E-state index contributed by atoms with van der Waals surface area (Å²) in [5.74, 6) is 0.909. The number of benzene rings is 1. The minimum Gasteiger partial charge on any atom is -0.677 e. The number of halogens is 2. The van der Waals surface area contributed by atoms with E-state index in [-0.39, 0.29) is 15.9 Å². The van der Waals surface area contributed by atoms with Gasteiger partial charge in [0, 0.05) is 0 Å². The minimum atomic E-state index is -0.106. The molecule has 0 fully saturated rings. The molecule has 2 rings (SSSR count). The van der Waals surface area contributed by atoms with Crippen LogP contribution in [-0.4, -0.2) is 16.5 Å². The quantitative estimate of drug-likeness (QED) is 0.837. The maximum atomic E-state index is 7.05. The number of aromatic nitrogens is 2. The van der Waals surface area contributed by atoms with Crippen molar-refractivity contribution in [2.75, 3.05) is 6.54 Å². The molecule has 0 amide bonds. The molecule has 0 radical (unpaired) electrons. The van der Waals surface area contributed by atoms with Crippen molar-refractivity contribution < 1.29 is 15.9 Å². The van der Waals surface area contributed by atoms with Gasteiger partial charge in [0.25, 0.3) is 0 Å². The number of hydrogen-bond acceptors (Lipinski definition) is 1. The summed E-state index contributed by atoms with van der Waals surface area (Å²) in [6.07, 6.45) is 0.703. The zero-order chi connectivity index (χ0) is 11.1. The molecule has 15 heavy (non-hydrogen) atoms. The van der Waals surface area contributed by atoms with Crippen molar-refractivity contribution in [1.29, 1.82) is 0 Å². The van der Waals surface area contributed by atoms with Gasteiger partial charge in [-0.05, 0) is 18.6 Å². The molecule has 0 unspecified atom stereocenters. The topological polar surface area (TPSA) is 52.5 Å². The van der Waals surface area contributed by atoms with E-state index in [2.05, 4.69) is 9.97 Å². The largest absolute Gasteiger partial charge is 0.677 e. The first-order valence-corrected chi connectivity index (χ1v) is 8.22. The van der Waals surface area contributed by atoms with E-state index in [0.29, 0.717) is 13.0 Å². The smallest absolute Gasteiger partial charge is 0.105 e. The summed E-state index contributed by atoms with van der Waals surface area (Å²) in [7, 11) is 9.63. The third kappa shape index (κ3) is 4.10. The van der Waals surface area contributed by atoms with E-state index in [1.807, 2.05) is 24.3 Å². The Morgan fingerprint density at radius 1 is 1.33 bits per heavy atom. The molecular weight excluding hydrogens is 327 g/mol. The Balaban J connectivity index is 0.000000337. The molecule has 0 aliphatic heterocycles. The summed E-state index contributed by atoms with van der Waals surface area (Å²) in [5.41, 5.74) is 9.10. The van der Waals surface area contributed by atoms with Gasteiger partial charge in [0.05, 0.1) is 11.0 Å². The summed E-state index contributed by atoms with van der Waals surface area (Å²) in [5, 5.41) is 0. The number of imidazole rings is 1. The van der Waals surface area contributed by atoms with Crippen molar-refractivity contribution >= 4 is 30.1 Å². The Morgan fingerprint density at radius 2 is 2.00 bits per heavy atom. The molecular formula is C9H10Cl2N3Pd-. The van der Waals surface area contributed by atoms with Crippen molar-refractivity contribution in [3.05, 3.63) is 35.8 Å². The van der Waals surface area contributed by atoms with E-state index in [0.717, 1.165) is 16.9 Å². The fourth-order valence-electron chi connectivity index (χ4n) is 1.24. The third-order valence-electron chi connectivity index (χ3n) is 1.80. The zero-order valence-electron chi connectivity index (χ0n) is 7.74. The van der Waals surface area contributed by atoms with Crippen LogP contribution >= 0.6 is 19.1 Å². The van der Waals surface area contributed by atoms with Crippen LogP contribution in [-0.2, 0) is 22.4 Å².